The molecule has 3 saturated heterocycles. The number of carbonyl (C=O) groups is 4. The molecular weight excluding hydrogens is 312 g/mol. The molecule has 0 aliphatic carbocycles. The average Bonchev–Trinajstić information content (AvgIpc) is 3.10. The normalized spacial score (nSPS) is 23.5. The monoisotopic (exact) mass is 334 g/mol. The van der Waals surface area contributed by atoms with Gasteiger partial charge in [-0.05, 0) is 31.2 Å². The first-order chi connectivity index (χ1) is 11.5. The van der Waals surface area contributed by atoms with Crippen molar-refractivity contribution in [1.29, 1.82) is 0 Å². The quantitative estimate of drug-likeness (QED) is 0.428. The summed E-state index contributed by atoms with van der Waals surface area (Å²) in [5.74, 6) is -2.13. The molecule has 0 aromatic heterocycles. The number of rotatable bonds is 4. The summed E-state index contributed by atoms with van der Waals surface area (Å²) in [4.78, 5) is 51.5. The van der Waals surface area contributed by atoms with E-state index < -0.39 is 17.8 Å². The molecule has 1 N–H and O–H groups in total. The molecule has 1 spiro atoms. The van der Waals surface area contributed by atoms with Crippen molar-refractivity contribution in [3.05, 3.63) is 12.7 Å². The number of imide groups is 2. The Bertz CT molecular complexity index is 587. The summed E-state index contributed by atoms with van der Waals surface area (Å²) in [6.45, 7) is 6.31. The van der Waals surface area contributed by atoms with E-state index in [1.54, 1.807) is 4.90 Å². The lowest BCUT2D eigenvalue weighted by Crippen LogP contribution is -2.48. The maximum atomic E-state index is 12.4. The van der Waals surface area contributed by atoms with Crippen molar-refractivity contribution >= 4 is 23.8 Å². The van der Waals surface area contributed by atoms with Crippen molar-refractivity contribution in [1.82, 2.24) is 20.0 Å². The number of nitrogens with one attached hydrogen (secondary N) is 1. The molecule has 3 fully saturated rings. The summed E-state index contributed by atoms with van der Waals surface area (Å²) in [5, 5.41) is 3.37. The Morgan fingerprint density at radius 1 is 1.12 bits per heavy atom. The van der Waals surface area contributed by atoms with E-state index in [0.717, 1.165) is 42.2 Å². The van der Waals surface area contributed by atoms with Crippen LogP contribution < -0.4 is 5.32 Å². The third kappa shape index (κ3) is 2.82. The summed E-state index contributed by atoms with van der Waals surface area (Å²) in [5.41, 5.74) is 0.285. The fraction of sp³-hybridized carbons (Fsp3) is 0.625. The van der Waals surface area contributed by atoms with Crippen LogP contribution in [0.2, 0.25) is 0 Å². The average molecular weight is 334 g/mol. The molecule has 8 nitrogen and oxygen atoms in total. The van der Waals surface area contributed by atoms with Gasteiger partial charge in [-0.2, -0.15) is 0 Å². The van der Waals surface area contributed by atoms with Crippen molar-refractivity contribution in [3.63, 3.8) is 0 Å². The van der Waals surface area contributed by atoms with Gasteiger partial charge in [-0.3, -0.25) is 19.3 Å². The fourth-order valence-electron chi connectivity index (χ4n) is 3.67. The van der Waals surface area contributed by atoms with Crippen LogP contribution in [0.25, 0.3) is 0 Å². The lowest BCUT2D eigenvalue weighted by atomic mass is 9.78. The maximum Gasteiger partial charge on any atom is 0.335 e. The van der Waals surface area contributed by atoms with Crippen LogP contribution in [0.15, 0.2) is 12.7 Å². The number of amides is 5. The summed E-state index contributed by atoms with van der Waals surface area (Å²) in [6, 6.07) is -0.744. The zero-order valence-corrected chi connectivity index (χ0v) is 13.6. The highest BCUT2D eigenvalue weighted by Crippen LogP contribution is 2.36. The van der Waals surface area contributed by atoms with Gasteiger partial charge in [0.25, 0.3) is 0 Å². The van der Waals surface area contributed by atoms with Crippen LogP contribution >= 0.6 is 0 Å². The zero-order valence-electron chi connectivity index (χ0n) is 13.6. The molecule has 0 saturated carbocycles. The van der Waals surface area contributed by atoms with Gasteiger partial charge < -0.3 is 10.2 Å². The maximum absolute atomic E-state index is 12.4. The minimum absolute atomic E-state index is 0.0344. The molecule has 3 rings (SSSR count). The molecule has 8 heteroatoms. The van der Waals surface area contributed by atoms with Gasteiger partial charge in [0.1, 0.15) is 6.54 Å². The van der Waals surface area contributed by atoms with Gasteiger partial charge in [0, 0.05) is 26.2 Å². The molecule has 0 atom stereocenters. The third-order valence-electron chi connectivity index (χ3n) is 5.25. The van der Waals surface area contributed by atoms with E-state index in [9.17, 15) is 19.2 Å². The number of hydrogen-bond donors (Lipinski definition) is 1. The number of hydrogen-bond acceptors (Lipinski definition) is 5. The largest absolute Gasteiger partial charge is 0.341 e. The topological polar surface area (TPSA) is 90.0 Å². The first-order valence-electron chi connectivity index (χ1n) is 8.24. The lowest BCUT2D eigenvalue weighted by molar-refractivity contribution is -0.145. The number of likely N-dealkylation sites (tertiary alicyclic amines) is 1. The first-order valence-corrected chi connectivity index (χ1v) is 8.24. The molecule has 0 bridgehead atoms. The number of urea groups is 1. The van der Waals surface area contributed by atoms with Crippen LogP contribution in [0.3, 0.4) is 0 Å². The number of piperidine rings is 1. The van der Waals surface area contributed by atoms with Crippen molar-refractivity contribution in [2.75, 3.05) is 39.3 Å². The van der Waals surface area contributed by atoms with E-state index in [0.29, 0.717) is 13.1 Å². The van der Waals surface area contributed by atoms with Crippen LogP contribution in [0.4, 0.5) is 4.79 Å². The Kier molecular flexibility index (Phi) is 4.40. The Morgan fingerprint density at radius 2 is 1.79 bits per heavy atom. The molecule has 3 aliphatic heterocycles. The molecule has 130 valence electrons. The van der Waals surface area contributed by atoms with E-state index in [1.165, 1.54) is 6.08 Å². The van der Waals surface area contributed by atoms with Gasteiger partial charge in [0.15, 0.2) is 0 Å². The molecule has 5 amide bonds. The first kappa shape index (κ1) is 16.6. The molecule has 0 aromatic rings. The third-order valence-corrected chi connectivity index (χ3v) is 5.25. The van der Waals surface area contributed by atoms with Crippen molar-refractivity contribution in [3.8, 4) is 0 Å². The lowest BCUT2D eigenvalue weighted by Gasteiger charge is -2.39. The highest BCUT2D eigenvalue weighted by Gasteiger charge is 2.45. The van der Waals surface area contributed by atoms with E-state index in [2.05, 4.69) is 11.9 Å². The smallest absolute Gasteiger partial charge is 0.335 e. The molecule has 24 heavy (non-hydrogen) atoms. The molecule has 3 heterocycles. The highest BCUT2D eigenvalue weighted by atomic mass is 16.2. The van der Waals surface area contributed by atoms with Crippen molar-refractivity contribution < 1.29 is 19.2 Å². The molecular formula is C16H22N4O4. The van der Waals surface area contributed by atoms with E-state index in [-0.39, 0.29) is 24.4 Å². The zero-order chi connectivity index (χ0) is 17.3. The Morgan fingerprint density at radius 3 is 2.38 bits per heavy atom. The number of carbonyl (C=O) groups excluding carboxylic acids is 4. The van der Waals surface area contributed by atoms with Crippen LogP contribution in [-0.2, 0) is 14.4 Å². The summed E-state index contributed by atoms with van der Waals surface area (Å²) >= 11 is 0. The second-order valence-electron chi connectivity index (χ2n) is 6.69. The second kappa shape index (κ2) is 6.35. The van der Waals surface area contributed by atoms with Crippen LogP contribution in [0.1, 0.15) is 19.3 Å². The predicted octanol–water partition coefficient (Wildman–Crippen LogP) is -0.435. The van der Waals surface area contributed by atoms with Gasteiger partial charge in [-0.15, -0.1) is 6.58 Å². The SMILES string of the molecule is C=CCN1C(=O)C(=O)N(CC(=O)N2CCC3(CCNC3)CC2)C1=O. The van der Waals surface area contributed by atoms with Gasteiger partial charge >= 0.3 is 17.8 Å². The summed E-state index contributed by atoms with van der Waals surface area (Å²) in [6.07, 6.45) is 4.35. The van der Waals surface area contributed by atoms with E-state index in [1.807, 2.05) is 0 Å². The minimum atomic E-state index is -0.941. The standard InChI is InChI=1S/C16H22N4O4/c1-2-7-19-13(22)14(23)20(15(19)24)10-12(21)18-8-4-16(5-9-18)3-6-17-11-16/h2,17H,1,3-11H2. The van der Waals surface area contributed by atoms with Crippen molar-refractivity contribution in [2.45, 2.75) is 19.3 Å². The second-order valence-corrected chi connectivity index (χ2v) is 6.69. The predicted molar refractivity (Wildman–Crippen MR) is 84.8 cm³/mol. The fourth-order valence-corrected chi connectivity index (χ4v) is 3.67. The Labute approximate surface area is 140 Å². The minimum Gasteiger partial charge on any atom is -0.341 e. The Hall–Kier alpha value is -2.22. The van der Waals surface area contributed by atoms with Crippen LogP contribution in [0.5, 0.6) is 0 Å². The van der Waals surface area contributed by atoms with Crippen LogP contribution in [-0.4, -0.2) is 77.7 Å². The molecule has 3 aliphatic rings. The molecule has 0 radical (unpaired) electrons. The van der Waals surface area contributed by atoms with Gasteiger partial charge in [-0.1, -0.05) is 6.08 Å². The van der Waals surface area contributed by atoms with Crippen molar-refractivity contribution in [2.24, 2.45) is 5.41 Å². The molecule has 0 aromatic carbocycles. The van der Waals surface area contributed by atoms with Gasteiger partial charge in [-0.25, -0.2) is 9.69 Å². The summed E-state index contributed by atoms with van der Waals surface area (Å²) in [7, 11) is 0. The van der Waals surface area contributed by atoms with Gasteiger partial charge in [0.05, 0.1) is 0 Å². The van der Waals surface area contributed by atoms with Gasteiger partial charge in [0.2, 0.25) is 5.91 Å². The van der Waals surface area contributed by atoms with E-state index >= 15 is 0 Å². The molecule has 0 unspecified atom stereocenters. The highest BCUT2D eigenvalue weighted by molar-refractivity contribution is 6.45. The Balaban J connectivity index is 1.59. The summed E-state index contributed by atoms with van der Waals surface area (Å²) < 4.78 is 0. The van der Waals surface area contributed by atoms with E-state index in [4.69, 9.17) is 0 Å². The number of nitrogens with zero attached hydrogens (tertiary/aromatic N) is 3. The van der Waals surface area contributed by atoms with Crippen LogP contribution in [0, 0.1) is 5.41 Å².